The Morgan fingerprint density at radius 1 is 0.712 bits per heavy atom. The molecule has 0 heterocycles. The van der Waals surface area contributed by atoms with Gasteiger partial charge in [-0.1, -0.05) is 140 Å². The number of rotatable bonds is 15. The van der Waals surface area contributed by atoms with Crippen molar-refractivity contribution in [3.8, 4) is 11.1 Å². The summed E-state index contributed by atoms with van der Waals surface area (Å²) in [5, 5.41) is 13.0. The molecular weight excluding hydrogens is 652 g/mol. The van der Waals surface area contributed by atoms with Gasteiger partial charge in [-0.25, -0.2) is 9.59 Å². The number of hydrogen-bond acceptors (Lipinski definition) is 5. The van der Waals surface area contributed by atoms with E-state index in [-0.39, 0.29) is 24.9 Å². The number of ether oxygens (including phenoxy) is 2. The number of benzene rings is 5. The van der Waals surface area contributed by atoms with Crippen LogP contribution in [0, 0.1) is 0 Å². The normalized spacial score (nSPS) is 13.3. The monoisotopic (exact) mass is 696 g/mol. The second-order valence-electron chi connectivity index (χ2n) is 13.1. The summed E-state index contributed by atoms with van der Waals surface area (Å²) in [6.45, 7) is 2.17. The lowest BCUT2D eigenvalue weighted by Crippen LogP contribution is -2.43. The molecule has 266 valence electrons. The summed E-state index contributed by atoms with van der Waals surface area (Å²) in [4.78, 5) is 40.0. The fourth-order valence-corrected chi connectivity index (χ4v) is 7.17. The zero-order chi connectivity index (χ0) is 36.5. The van der Waals surface area contributed by atoms with E-state index >= 15 is 0 Å². The Kier molecular flexibility index (Phi) is 11.5. The van der Waals surface area contributed by atoms with E-state index in [1.165, 1.54) is 7.05 Å². The van der Waals surface area contributed by atoms with Crippen molar-refractivity contribution in [3.63, 3.8) is 0 Å². The number of nitrogens with one attached hydrogen (secondary N) is 1. The van der Waals surface area contributed by atoms with Crippen LogP contribution in [0.1, 0.15) is 59.9 Å². The highest BCUT2D eigenvalue weighted by atomic mass is 16.6. The van der Waals surface area contributed by atoms with Gasteiger partial charge in [-0.15, -0.1) is 0 Å². The molecule has 0 saturated carbocycles. The number of hydrogen-bond donors (Lipinski definition) is 2. The molecule has 0 saturated heterocycles. The average Bonchev–Trinajstić information content (AvgIpc) is 3.51. The van der Waals surface area contributed by atoms with E-state index in [1.54, 1.807) is 6.92 Å². The van der Waals surface area contributed by atoms with Gasteiger partial charge in [0.1, 0.15) is 24.4 Å². The molecule has 0 radical (unpaired) electrons. The third kappa shape index (κ3) is 7.62. The van der Waals surface area contributed by atoms with Gasteiger partial charge in [-0.05, 0) is 65.1 Å². The fraction of sp³-hybridized carbons (Fsp3) is 0.250. The number of carboxylic acid groups (broad SMARTS) is 1. The lowest BCUT2D eigenvalue weighted by Gasteiger charge is -2.37. The number of aliphatic carboxylic acids is 1. The number of carbonyl (C=O) groups is 3. The van der Waals surface area contributed by atoms with Crippen molar-refractivity contribution in [1.82, 2.24) is 10.2 Å². The Morgan fingerprint density at radius 2 is 1.17 bits per heavy atom. The quantitative estimate of drug-likeness (QED) is 0.0849. The first-order chi connectivity index (χ1) is 25.3. The molecule has 0 aliphatic heterocycles. The molecule has 6 rings (SSSR count). The zero-order valence-corrected chi connectivity index (χ0v) is 29.5. The van der Waals surface area contributed by atoms with Crippen LogP contribution in [0.15, 0.2) is 140 Å². The molecule has 1 aliphatic carbocycles. The number of amides is 2. The van der Waals surface area contributed by atoms with Crippen molar-refractivity contribution in [1.29, 1.82) is 0 Å². The van der Waals surface area contributed by atoms with Crippen molar-refractivity contribution < 1.29 is 29.0 Å². The smallest absolute Gasteiger partial charge is 0.410 e. The maximum atomic E-state index is 13.5. The van der Waals surface area contributed by atoms with Crippen LogP contribution in [-0.4, -0.2) is 60.3 Å². The topological polar surface area (TPSA) is 105 Å². The number of nitrogens with zero attached hydrogens (tertiary/aromatic N) is 1. The highest BCUT2D eigenvalue weighted by Gasteiger charge is 2.40. The summed E-state index contributed by atoms with van der Waals surface area (Å²) in [5.74, 6) is -1.51. The van der Waals surface area contributed by atoms with Crippen molar-refractivity contribution in [2.45, 2.75) is 49.9 Å². The van der Waals surface area contributed by atoms with E-state index in [0.717, 1.165) is 43.8 Å². The molecule has 2 unspecified atom stereocenters. The molecule has 8 heteroatoms. The van der Waals surface area contributed by atoms with Crippen molar-refractivity contribution in [3.05, 3.63) is 167 Å². The Hall–Kier alpha value is -5.73. The van der Waals surface area contributed by atoms with Gasteiger partial charge in [0, 0.05) is 19.5 Å². The van der Waals surface area contributed by atoms with E-state index < -0.39 is 29.8 Å². The van der Waals surface area contributed by atoms with Gasteiger partial charge < -0.3 is 19.9 Å². The SMILES string of the molecule is CC(OC(c1ccccc1)(c1ccccc1)c1ccccc1)C(=O)NCCCCC(C(=O)O)N(C)C(=O)OCC1c2ccccc2-c2ccccc21. The van der Waals surface area contributed by atoms with Gasteiger partial charge in [0.05, 0.1) is 0 Å². The predicted octanol–water partition coefficient (Wildman–Crippen LogP) is 8.00. The summed E-state index contributed by atoms with van der Waals surface area (Å²) < 4.78 is 12.5. The molecule has 2 atom stereocenters. The first kappa shape index (κ1) is 36.1. The first-order valence-corrected chi connectivity index (χ1v) is 17.7. The van der Waals surface area contributed by atoms with E-state index in [9.17, 15) is 19.5 Å². The predicted molar refractivity (Wildman–Crippen MR) is 201 cm³/mol. The molecule has 5 aromatic rings. The number of carboxylic acids is 1. The second-order valence-corrected chi connectivity index (χ2v) is 13.1. The van der Waals surface area contributed by atoms with E-state index in [0.29, 0.717) is 19.4 Å². The van der Waals surface area contributed by atoms with Gasteiger partial charge in [-0.2, -0.15) is 0 Å². The lowest BCUT2D eigenvalue weighted by atomic mass is 9.80. The number of carbonyl (C=O) groups excluding carboxylic acids is 2. The van der Waals surface area contributed by atoms with Crippen LogP contribution in [0.4, 0.5) is 4.79 Å². The third-order valence-electron chi connectivity index (χ3n) is 9.84. The van der Waals surface area contributed by atoms with E-state index in [4.69, 9.17) is 9.47 Å². The number of likely N-dealkylation sites (N-methyl/N-ethyl adjacent to an activating group) is 1. The Balaban J connectivity index is 1.04. The molecule has 0 bridgehead atoms. The van der Waals surface area contributed by atoms with Crippen LogP contribution < -0.4 is 5.32 Å². The Labute approximate surface area is 305 Å². The van der Waals surface area contributed by atoms with Crippen LogP contribution in [0.3, 0.4) is 0 Å². The fourth-order valence-electron chi connectivity index (χ4n) is 7.17. The number of unbranched alkanes of at least 4 members (excludes halogenated alkanes) is 1. The first-order valence-electron chi connectivity index (χ1n) is 17.7. The van der Waals surface area contributed by atoms with Crippen LogP contribution >= 0.6 is 0 Å². The van der Waals surface area contributed by atoms with Crippen LogP contribution in [-0.2, 0) is 24.7 Å². The lowest BCUT2D eigenvalue weighted by molar-refractivity contribution is -0.142. The van der Waals surface area contributed by atoms with Gasteiger partial charge >= 0.3 is 12.1 Å². The van der Waals surface area contributed by atoms with Gasteiger partial charge in [-0.3, -0.25) is 9.69 Å². The maximum Gasteiger partial charge on any atom is 0.410 e. The largest absolute Gasteiger partial charge is 0.480 e. The van der Waals surface area contributed by atoms with Gasteiger partial charge in [0.15, 0.2) is 0 Å². The minimum absolute atomic E-state index is 0.107. The average molecular weight is 697 g/mol. The molecule has 8 nitrogen and oxygen atoms in total. The molecule has 1 aliphatic rings. The Bertz CT molecular complexity index is 1830. The van der Waals surface area contributed by atoms with Crippen molar-refractivity contribution >= 4 is 18.0 Å². The van der Waals surface area contributed by atoms with Crippen molar-refractivity contribution in [2.24, 2.45) is 0 Å². The Morgan fingerprint density at radius 3 is 1.65 bits per heavy atom. The van der Waals surface area contributed by atoms with Crippen LogP contribution in [0.2, 0.25) is 0 Å². The van der Waals surface area contributed by atoms with Crippen LogP contribution in [0.25, 0.3) is 11.1 Å². The standard InChI is InChI=1S/C44H44N2O6/c1-31(52-44(32-18-6-3-7-19-32,33-20-8-4-9-21-33)34-22-10-5-11-23-34)41(47)45-29-17-16-28-40(42(48)49)46(2)43(50)51-30-39-37-26-14-12-24-35(37)36-25-13-15-27-38(36)39/h3-15,18-27,31,39-40H,16-17,28-30H2,1-2H3,(H,45,47)(H,48,49). The second kappa shape index (κ2) is 16.5. The van der Waals surface area contributed by atoms with E-state index in [2.05, 4.69) is 17.4 Å². The summed E-state index contributed by atoms with van der Waals surface area (Å²) in [7, 11) is 1.46. The summed E-state index contributed by atoms with van der Waals surface area (Å²) in [5.41, 5.74) is 6.05. The number of fused-ring (bicyclic) bond motifs is 3. The molecule has 5 aromatic carbocycles. The molecule has 2 amide bonds. The summed E-state index contributed by atoms with van der Waals surface area (Å²) in [6.07, 6.45) is -0.325. The van der Waals surface area contributed by atoms with Crippen molar-refractivity contribution in [2.75, 3.05) is 20.2 Å². The maximum absolute atomic E-state index is 13.5. The molecule has 52 heavy (non-hydrogen) atoms. The summed E-state index contributed by atoms with van der Waals surface area (Å²) in [6, 6.07) is 44.7. The minimum atomic E-state index is -1.11. The van der Waals surface area contributed by atoms with Gasteiger partial charge in [0.2, 0.25) is 5.91 Å². The van der Waals surface area contributed by atoms with Gasteiger partial charge in [0.25, 0.3) is 0 Å². The molecule has 0 fully saturated rings. The zero-order valence-electron chi connectivity index (χ0n) is 29.5. The van der Waals surface area contributed by atoms with E-state index in [1.807, 2.05) is 127 Å². The molecule has 0 spiro atoms. The summed E-state index contributed by atoms with van der Waals surface area (Å²) >= 11 is 0. The highest BCUT2D eigenvalue weighted by Crippen LogP contribution is 2.45. The molecular formula is C44H44N2O6. The minimum Gasteiger partial charge on any atom is -0.480 e. The van der Waals surface area contributed by atoms with Crippen LogP contribution in [0.5, 0.6) is 0 Å². The molecule has 2 N–H and O–H groups in total. The molecule has 0 aromatic heterocycles. The third-order valence-corrected chi connectivity index (χ3v) is 9.84. The highest BCUT2D eigenvalue weighted by molar-refractivity contribution is 5.81.